The van der Waals surface area contributed by atoms with Gasteiger partial charge in [-0.25, -0.2) is 12.7 Å². The molecular weight excluding hydrogens is 713 g/mol. The van der Waals surface area contributed by atoms with Gasteiger partial charge in [-0.1, -0.05) is 73.8 Å². The lowest BCUT2D eigenvalue weighted by atomic mass is 9.85. The molecule has 4 rings (SSSR count). The second kappa shape index (κ2) is 13.1. The first-order chi connectivity index (χ1) is 20.2. The molecule has 6 nitrogen and oxygen atoms in total. The number of carbonyl (C=O) groups is 1. The third-order valence-corrected chi connectivity index (χ3v) is 9.53. The first-order valence-electron chi connectivity index (χ1n) is 12.8. The first kappa shape index (κ1) is 32.6. The minimum atomic E-state index is -4.57. The van der Waals surface area contributed by atoms with Gasteiger partial charge in [0.2, 0.25) is 5.91 Å². The number of alkyl halides is 3. The van der Waals surface area contributed by atoms with Gasteiger partial charge in [0.15, 0.2) is 0 Å². The fourth-order valence-corrected chi connectivity index (χ4v) is 6.97. The highest BCUT2D eigenvalue weighted by atomic mass is 79.9. The maximum absolute atomic E-state index is 14.3. The van der Waals surface area contributed by atoms with Gasteiger partial charge in [-0.15, -0.1) is 0 Å². The minimum absolute atomic E-state index is 0.0719. The number of benzene rings is 4. The maximum atomic E-state index is 14.3. The maximum Gasteiger partial charge on any atom is 0.416 e. The molecule has 0 spiro atoms. The van der Waals surface area contributed by atoms with Crippen LogP contribution in [0.1, 0.15) is 34.2 Å². The van der Waals surface area contributed by atoms with Gasteiger partial charge in [-0.05, 0) is 72.6 Å². The monoisotopic (exact) mass is 738 g/mol. The zero-order chi connectivity index (χ0) is 31.5. The van der Waals surface area contributed by atoms with Crippen LogP contribution in [0.25, 0.3) is 0 Å². The van der Waals surface area contributed by atoms with E-state index in [1.807, 2.05) is 6.92 Å². The van der Waals surface area contributed by atoms with E-state index in [0.717, 1.165) is 17.7 Å². The molecule has 12 heteroatoms. The lowest BCUT2D eigenvalue weighted by Crippen LogP contribution is -2.40. The van der Waals surface area contributed by atoms with Crippen molar-refractivity contribution in [2.45, 2.75) is 30.0 Å². The summed E-state index contributed by atoms with van der Waals surface area (Å²) >= 11 is 6.87. The normalized spacial score (nSPS) is 13.2. The molecule has 0 aliphatic rings. The number of likely N-dealkylation sites (N-methyl/N-ethyl adjacent to an activating group) is 1. The average molecular weight is 740 g/mol. The Bertz CT molecular complexity index is 1680. The van der Waals surface area contributed by atoms with E-state index in [1.54, 1.807) is 54.6 Å². The molecule has 0 aliphatic heterocycles. The van der Waals surface area contributed by atoms with E-state index in [0.29, 0.717) is 35.8 Å². The fourth-order valence-electron chi connectivity index (χ4n) is 4.53. The number of carbonyl (C=O) groups excluding carboxylic acids is 1. The molecule has 0 aliphatic carbocycles. The quantitative estimate of drug-likeness (QED) is 0.187. The number of anilines is 1. The van der Waals surface area contributed by atoms with Crippen molar-refractivity contribution in [1.82, 2.24) is 4.31 Å². The Hall–Kier alpha value is -3.35. The standard InChI is InChI=1S/C31H27Br2F3N2O4S/c1-19-4-14-27(15-5-19)43(40,41)38(2)30(39)28(20-8-12-26(42-3)13-9-20)29(37-25-17-23(32)16-24(33)18-25)21-6-10-22(11-7-21)31(34,35)36/h4-18,28-29,37H,1-3H3/t28-,29-/m1/s1. The Kier molecular flexibility index (Phi) is 9.93. The topological polar surface area (TPSA) is 75.7 Å². The number of halogens is 5. The number of rotatable bonds is 9. The molecule has 0 bridgehead atoms. The summed E-state index contributed by atoms with van der Waals surface area (Å²) in [5.74, 6) is -1.49. The van der Waals surface area contributed by atoms with E-state index in [2.05, 4.69) is 37.2 Å². The third kappa shape index (κ3) is 7.60. The molecule has 0 saturated carbocycles. The lowest BCUT2D eigenvalue weighted by Gasteiger charge is -2.32. The summed E-state index contributed by atoms with van der Waals surface area (Å²) in [6.07, 6.45) is -4.57. The second-order valence-corrected chi connectivity index (χ2v) is 13.6. The first-order valence-corrected chi connectivity index (χ1v) is 15.9. The number of methoxy groups -OCH3 is 1. The average Bonchev–Trinajstić information content (AvgIpc) is 2.96. The Morgan fingerprint density at radius 2 is 1.40 bits per heavy atom. The highest BCUT2D eigenvalue weighted by Gasteiger charge is 2.38. The molecular formula is C31H27Br2F3N2O4S. The van der Waals surface area contributed by atoms with Crippen molar-refractivity contribution in [3.8, 4) is 5.75 Å². The molecule has 1 N–H and O–H groups in total. The number of nitrogens with one attached hydrogen (secondary N) is 1. The van der Waals surface area contributed by atoms with E-state index in [-0.39, 0.29) is 4.90 Å². The van der Waals surface area contributed by atoms with Crippen molar-refractivity contribution in [3.63, 3.8) is 0 Å². The van der Waals surface area contributed by atoms with Crippen LogP contribution in [0.4, 0.5) is 18.9 Å². The van der Waals surface area contributed by atoms with E-state index >= 15 is 0 Å². The van der Waals surface area contributed by atoms with Gasteiger partial charge >= 0.3 is 6.18 Å². The number of amides is 1. The van der Waals surface area contributed by atoms with Crippen LogP contribution in [0.3, 0.4) is 0 Å². The molecule has 226 valence electrons. The molecule has 4 aromatic carbocycles. The Morgan fingerprint density at radius 1 is 0.860 bits per heavy atom. The second-order valence-electron chi connectivity index (χ2n) is 9.77. The summed E-state index contributed by atoms with van der Waals surface area (Å²) in [6.45, 7) is 1.81. The number of sulfonamides is 1. The van der Waals surface area contributed by atoms with Crippen molar-refractivity contribution in [2.75, 3.05) is 19.5 Å². The SMILES string of the molecule is COc1ccc([C@@H](C(=O)N(C)S(=O)(=O)c2ccc(C)cc2)[C@H](Nc2cc(Br)cc(Br)c2)c2ccc(C(F)(F)F)cc2)cc1. The van der Waals surface area contributed by atoms with Crippen LogP contribution >= 0.6 is 31.9 Å². The summed E-state index contributed by atoms with van der Waals surface area (Å²) in [4.78, 5) is 14.3. The molecule has 0 heterocycles. The third-order valence-electron chi connectivity index (χ3n) is 6.85. The van der Waals surface area contributed by atoms with E-state index in [1.165, 1.54) is 38.4 Å². The van der Waals surface area contributed by atoms with Crippen LogP contribution in [0.5, 0.6) is 5.75 Å². The van der Waals surface area contributed by atoms with Crippen LogP contribution in [0.15, 0.2) is 105 Å². The van der Waals surface area contributed by atoms with Gasteiger partial charge in [-0.3, -0.25) is 4.79 Å². The molecule has 0 unspecified atom stereocenters. The molecule has 1 amide bonds. The van der Waals surface area contributed by atoms with E-state index < -0.39 is 39.6 Å². The number of ether oxygens (including phenoxy) is 1. The Morgan fingerprint density at radius 3 is 1.91 bits per heavy atom. The largest absolute Gasteiger partial charge is 0.497 e. The Balaban J connectivity index is 1.89. The van der Waals surface area contributed by atoms with Crippen molar-refractivity contribution in [3.05, 3.63) is 122 Å². The molecule has 4 aromatic rings. The van der Waals surface area contributed by atoms with Crippen molar-refractivity contribution in [1.29, 1.82) is 0 Å². The van der Waals surface area contributed by atoms with Crippen LogP contribution in [-0.2, 0) is 21.0 Å². The summed E-state index contributed by atoms with van der Waals surface area (Å²) in [5.41, 5.74) is 1.27. The van der Waals surface area contributed by atoms with E-state index in [4.69, 9.17) is 4.74 Å². The molecule has 43 heavy (non-hydrogen) atoms. The zero-order valence-corrected chi connectivity index (χ0v) is 27.2. The van der Waals surface area contributed by atoms with Gasteiger partial charge in [0.05, 0.1) is 29.5 Å². The smallest absolute Gasteiger partial charge is 0.416 e. The molecule has 0 radical (unpaired) electrons. The molecule has 0 aromatic heterocycles. The number of nitrogens with zero attached hydrogens (tertiary/aromatic N) is 1. The minimum Gasteiger partial charge on any atom is -0.497 e. The van der Waals surface area contributed by atoms with Gasteiger partial charge in [0.25, 0.3) is 10.0 Å². The van der Waals surface area contributed by atoms with Crippen molar-refractivity contribution in [2.24, 2.45) is 0 Å². The van der Waals surface area contributed by atoms with Crippen molar-refractivity contribution < 1.29 is 31.1 Å². The Labute approximate surface area is 265 Å². The highest BCUT2D eigenvalue weighted by Crippen LogP contribution is 2.39. The van der Waals surface area contributed by atoms with Gasteiger partial charge in [0, 0.05) is 21.7 Å². The molecule has 0 fully saturated rings. The molecule has 2 atom stereocenters. The predicted molar refractivity (Wildman–Crippen MR) is 167 cm³/mol. The van der Waals surface area contributed by atoms with Gasteiger partial charge in [-0.2, -0.15) is 13.2 Å². The lowest BCUT2D eigenvalue weighted by molar-refractivity contribution is -0.137. The number of aryl methyl sites for hydroxylation is 1. The van der Waals surface area contributed by atoms with Crippen LogP contribution < -0.4 is 10.1 Å². The summed E-state index contributed by atoms with van der Waals surface area (Å²) in [6, 6.07) is 21.3. The number of hydrogen-bond donors (Lipinski definition) is 1. The van der Waals surface area contributed by atoms with Crippen molar-refractivity contribution >= 4 is 53.5 Å². The van der Waals surface area contributed by atoms with Gasteiger partial charge < -0.3 is 10.1 Å². The zero-order valence-electron chi connectivity index (χ0n) is 23.2. The summed E-state index contributed by atoms with van der Waals surface area (Å²) < 4.78 is 74.9. The fraction of sp³-hybridized carbons (Fsp3) is 0.194. The molecule has 0 saturated heterocycles. The number of hydrogen-bond acceptors (Lipinski definition) is 5. The summed E-state index contributed by atoms with van der Waals surface area (Å²) in [5, 5.41) is 3.28. The van der Waals surface area contributed by atoms with Crippen LogP contribution in [0, 0.1) is 6.92 Å². The predicted octanol–water partition coefficient (Wildman–Crippen LogP) is 8.33. The highest BCUT2D eigenvalue weighted by molar-refractivity contribution is 9.11. The van der Waals surface area contributed by atoms with Crippen LogP contribution in [-0.4, -0.2) is 32.8 Å². The van der Waals surface area contributed by atoms with Gasteiger partial charge in [0.1, 0.15) is 5.75 Å². The summed E-state index contributed by atoms with van der Waals surface area (Å²) in [7, 11) is -1.62. The van der Waals surface area contributed by atoms with E-state index in [9.17, 15) is 26.4 Å². The van der Waals surface area contributed by atoms with Crippen LogP contribution in [0.2, 0.25) is 0 Å².